The molecule has 1 aromatic rings. The SMILES string of the molecule is CCNC(=O)C(C)Oc1ccc(N)cc1F. The summed E-state index contributed by atoms with van der Waals surface area (Å²) in [5, 5.41) is 2.59. The Bertz CT molecular complexity index is 382. The molecule has 3 N–H and O–H groups in total. The highest BCUT2D eigenvalue weighted by Crippen LogP contribution is 2.20. The molecule has 0 saturated heterocycles. The predicted octanol–water partition coefficient (Wildman–Crippen LogP) is 1.31. The van der Waals surface area contributed by atoms with E-state index in [1.54, 1.807) is 13.8 Å². The van der Waals surface area contributed by atoms with E-state index in [9.17, 15) is 9.18 Å². The molecule has 0 aliphatic rings. The van der Waals surface area contributed by atoms with Crippen LogP contribution in [0.1, 0.15) is 13.8 Å². The molecular weight excluding hydrogens is 211 g/mol. The first-order chi connectivity index (χ1) is 7.54. The van der Waals surface area contributed by atoms with Crippen LogP contribution in [-0.2, 0) is 4.79 Å². The topological polar surface area (TPSA) is 64.3 Å². The zero-order valence-electron chi connectivity index (χ0n) is 9.29. The Hall–Kier alpha value is -1.78. The van der Waals surface area contributed by atoms with Gasteiger partial charge in [0, 0.05) is 18.3 Å². The van der Waals surface area contributed by atoms with Gasteiger partial charge in [0.15, 0.2) is 17.7 Å². The Labute approximate surface area is 93.6 Å². The summed E-state index contributed by atoms with van der Waals surface area (Å²) in [6.07, 6.45) is -0.738. The lowest BCUT2D eigenvalue weighted by Crippen LogP contribution is -2.36. The van der Waals surface area contributed by atoms with Gasteiger partial charge in [0.2, 0.25) is 0 Å². The van der Waals surface area contributed by atoms with Gasteiger partial charge in [-0.25, -0.2) is 4.39 Å². The average Bonchev–Trinajstić information content (AvgIpc) is 2.22. The van der Waals surface area contributed by atoms with Crippen LogP contribution in [0.3, 0.4) is 0 Å². The Balaban J connectivity index is 2.69. The van der Waals surface area contributed by atoms with E-state index >= 15 is 0 Å². The number of amides is 1. The quantitative estimate of drug-likeness (QED) is 0.761. The van der Waals surface area contributed by atoms with Crippen molar-refractivity contribution in [3.63, 3.8) is 0 Å². The molecule has 1 atom stereocenters. The maximum atomic E-state index is 13.3. The van der Waals surface area contributed by atoms with E-state index < -0.39 is 11.9 Å². The minimum absolute atomic E-state index is 0.0213. The number of ether oxygens (including phenoxy) is 1. The van der Waals surface area contributed by atoms with E-state index in [0.717, 1.165) is 6.07 Å². The van der Waals surface area contributed by atoms with Gasteiger partial charge in [-0.15, -0.1) is 0 Å². The number of benzene rings is 1. The molecule has 1 amide bonds. The standard InChI is InChI=1S/C11H15FN2O2/c1-3-14-11(15)7(2)16-10-5-4-8(13)6-9(10)12/h4-7H,3,13H2,1-2H3,(H,14,15). The number of likely N-dealkylation sites (N-methyl/N-ethyl adjacent to an activating group) is 1. The van der Waals surface area contributed by atoms with Gasteiger partial charge < -0.3 is 15.8 Å². The highest BCUT2D eigenvalue weighted by molar-refractivity contribution is 5.80. The van der Waals surface area contributed by atoms with E-state index in [1.165, 1.54) is 12.1 Å². The van der Waals surface area contributed by atoms with Crippen molar-refractivity contribution in [1.29, 1.82) is 0 Å². The molecule has 0 radical (unpaired) electrons. The van der Waals surface area contributed by atoms with Crippen molar-refractivity contribution in [2.75, 3.05) is 12.3 Å². The minimum atomic E-state index is -0.738. The van der Waals surface area contributed by atoms with Crippen LogP contribution in [0.25, 0.3) is 0 Å². The molecule has 0 aromatic heterocycles. The van der Waals surface area contributed by atoms with Crippen molar-refractivity contribution < 1.29 is 13.9 Å². The second-order valence-corrected chi connectivity index (χ2v) is 3.34. The fourth-order valence-electron chi connectivity index (χ4n) is 1.17. The molecule has 0 spiro atoms. The Morgan fingerprint density at radius 2 is 2.31 bits per heavy atom. The molecule has 0 fully saturated rings. The number of carbonyl (C=O) groups excluding carboxylic acids is 1. The molecule has 0 saturated carbocycles. The first-order valence-electron chi connectivity index (χ1n) is 5.04. The third-order valence-electron chi connectivity index (χ3n) is 1.98. The maximum Gasteiger partial charge on any atom is 0.260 e. The lowest BCUT2D eigenvalue weighted by atomic mass is 10.3. The van der Waals surface area contributed by atoms with Crippen molar-refractivity contribution in [2.24, 2.45) is 0 Å². The third-order valence-corrected chi connectivity index (χ3v) is 1.98. The van der Waals surface area contributed by atoms with Crippen LogP contribution in [-0.4, -0.2) is 18.6 Å². The molecule has 1 rings (SSSR count). The van der Waals surface area contributed by atoms with Gasteiger partial charge in [-0.05, 0) is 26.0 Å². The van der Waals surface area contributed by atoms with E-state index in [1.807, 2.05) is 0 Å². The highest BCUT2D eigenvalue weighted by atomic mass is 19.1. The number of anilines is 1. The fraction of sp³-hybridized carbons (Fsp3) is 0.364. The zero-order chi connectivity index (χ0) is 12.1. The summed E-state index contributed by atoms with van der Waals surface area (Å²) in [5.74, 6) is -0.831. The Kier molecular flexibility index (Phi) is 4.10. The number of nitrogens with one attached hydrogen (secondary N) is 1. The second kappa shape index (κ2) is 5.34. The average molecular weight is 226 g/mol. The van der Waals surface area contributed by atoms with E-state index in [2.05, 4.69) is 5.32 Å². The predicted molar refractivity (Wildman–Crippen MR) is 59.6 cm³/mol. The van der Waals surface area contributed by atoms with E-state index in [0.29, 0.717) is 12.2 Å². The molecule has 0 bridgehead atoms. The summed E-state index contributed by atoms with van der Waals surface area (Å²) in [6, 6.07) is 4.07. The summed E-state index contributed by atoms with van der Waals surface area (Å²) < 4.78 is 18.5. The van der Waals surface area contributed by atoms with E-state index in [-0.39, 0.29) is 11.7 Å². The van der Waals surface area contributed by atoms with Gasteiger partial charge in [0.25, 0.3) is 5.91 Å². The zero-order valence-corrected chi connectivity index (χ0v) is 9.29. The first kappa shape index (κ1) is 12.3. The summed E-state index contributed by atoms with van der Waals surface area (Å²) in [4.78, 5) is 11.3. The Morgan fingerprint density at radius 3 is 2.88 bits per heavy atom. The van der Waals surface area contributed by atoms with Crippen molar-refractivity contribution in [3.05, 3.63) is 24.0 Å². The maximum absolute atomic E-state index is 13.3. The summed E-state index contributed by atoms with van der Waals surface area (Å²) in [5.41, 5.74) is 5.71. The summed E-state index contributed by atoms with van der Waals surface area (Å²) in [7, 11) is 0. The molecule has 4 nitrogen and oxygen atoms in total. The van der Waals surface area contributed by atoms with Crippen LogP contribution in [0.2, 0.25) is 0 Å². The molecule has 88 valence electrons. The number of hydrogen-bond acceptors (Lipinski definition) is 3. The minimum Gasteiger partial charge on any atom is -0.478 e. The molecular formula is C11H15FN2O2. The number of nitrogen functional groups attached to an aromatic ring is 1. The summed E-state index contributed by atoms with van der Waals surface area (Å²) in [6.45, 7) is 3.87. The monoisotopic (exact) mass is 226 g/mol. The van der Waals surface area contributed by atoms with Crippen molar-refractivity contribution in [3.8, 4) is 5.75 Å². The van der Waals surface area contributed by atoms with Crippen LogP contribution in [0, 0.1) is 5.82 Å². The number of halogens is 1. The van der Waals surface area contributed by atoms with E-state index in [4.69, 9.17) is 10.5 Å². The van der Waals surface area contributed by atoms with Crippen LogP contribution < -0.4 is 15.8 Å². The van der Waals surface area contributed by atoms with Gasteiger partial charge in [0.1, 0.15) is 0 Å². The van der Waals surface area contributed by atoms with Gasteiger partial charge >= 0.3 is 0 Å². The molecule has 0 heterocycles. The van der Waals surface area contributed by atoms with Crippen LogP contribution in [0.4, 0.5) is 10.1 Å². The van der Waals surface area contributed by atoms with Gasteiger partial charge in [0.05, 0.1) is 0 Å². The smallest absolute Gasteiger partial charge is 0.260 e. The van der Waals surface area contributed by atoms with Crippen molar-refractivity contribution >= 4 is 11.6 Å². The first-order valence-corrected chi connectivity index (χ1v) is 5.04. The molecule has 0 aliphatic carbocycles. The van der Waals surface area contributed by atoms with Gasteiger partial charge in [-0.2, -0.15) is 0 Å². The van der Waals surface area contributed by atoms with Crippen LogP contribution >= 0.6 is 0 Å². The van der Waals surface area contributed by atoms with Gasteiger partial charge in [-0.1, -0.05) is 0 Å². The lowest BCUT2D eigenvalue weighted by molar-refractivity contribution is -0.127. The normalized spacial score (nSPS) is 11.9. The largest absolute Gasteiger partial charge is 0.478 e. The molecule has 1 unspecified atom stereocenters. The number of carbonyl (C=O) groups is 1. The molecule has 5 heteroatoms. The number of hydrogen-bond donors (Lipinski definition) is 2. The highest BCUT2D eigenvalue weighted by Gasteiger charge is 2.15. The number of nitrogens with two attached hydrogens (primary N) is 1. The van der Waals surface area contributed by atoms with Crippen LogP contribution in [0.15, 0.2) is 18.2 Å². The van der Waals surface area contributed by atoms with Crippen molar-refractivity contribution in [2.45, 2.75) is 20.0 Å². The fourth-order valence-corrected chi connectivity index (χ4v) is 1.17. The van der Waals surface area contributed by atoms with Gasteiger partial charge in [-0.3, -0.25) is 4.79 Å². The molecule has 0 aliphatic heterocycles. The Morgan fingerprint density at radius 1 is 1.62 bits per heavy atom. The lowest BCUT2D eigenvalue weighted by Gasteiger charge is -2.14. The second-order valence-electron chi connectivity index (χ2n) is 3.34. The third kappa shape index (κ3) is 3.12. The molecule has 16 heavy (non-hydrogen) atoms. The van der Waals surface area contributed by atoms with Crippen molar-refractivity contribution in [1.82, 2.24) is 5.32 Å². The van der Waals surface area contributed by atoms with Crippen LogP contribution in [0.5, 0.6) is 5.75 Å². The summed E-state index contributed by atoms with van der Waals surface area (Å²) >= 11 is 0. The number of rotatable bonds is 4. The molecule has 1 aromatic carbocycles.